The number of hydrogen-bond acceptors (Lipinski definition) is 15. The Balaban J connectivity index is 5.40. The van der Waals surface area contributed by atoms with Gasteiger partial charge in [-0.25, -0.2) is 9.13 Å². The van der Waals surface area contributed by atoms with Gasteiger partial charge in [0.15, 0.2) is 12.2 Å². The van der Waals surface area contributed by atoms with Gasteiger partial charge in [-0.2, -0.15) is 0 Å². The zero-order valence-corrected chi connectivity index (χ0v) is 67.2. The van der Waals surface area contributed by atoms with Crippen molar-refractivity contribution in [3.63, 3.8) is 0 Å². The van der Waals surface area contributed by atoms with E-state index in [0.717, 1.165) is 193 Å². The van der Waals surface area contributed by atoms with Gasteiger partial charge in [0.05, 0.1) is 26.4 Å². The highest BCUT2D eigenvalue weighted by molar-refractivity contribution is 7.47. The van der Waals surface area contributed by atoms with Crippen LogP contribution in [0.1, 0.15) is 336 Å². The molecule has 0 spiro atoms. The molecule has 0 saturated carbocycles. The van der Waals surface area contributed by atoms with Gasteiger partial charge in [-0.3, -0.25) is 37.3 Å². The van der Waals surface area contributed by atoms with Gasteiger partial charge in [-0.15, -0.1) is 0 Å². The van der Waals surface area contributed by atoms with E-state index < -0.39 is 97.5 Å². The summed E-state index contributed by atoms with van der Waals surface area (Å²) in [6.07, 6.45) is 84.5. The molecule has 0 aliphatic rings. The highest BCUT2D eigenvalue weighted by atomic mass is 31.2. The molecule has 0 fully saturated rings. The molecule has 5 unspecified atom stereocenters. The van der Waals surface area contributed by atoms with E-state index in [4.69, 9.17) is 37.0 Å². The molecule has 5 atom stereocenters. The van der Waals surface area contributed by atoms with Crippen LogP contribution in [0.4, 0.5) is 0 Å². The lowest BCUT2D eigenvalue weighted by molar-refractivity contribution is -0.161. The van der Waals surface area contributed by atoms with E-state index in [1.807, 2.05) is 0 Å². The van der Waals surface area contributed by atoms with Crippen LogP contribution in [0, 0.1) is 0 Å². The number of rotatable bonds is 76. The number of phosphoric acid groups is 2. The first kappa shape index (κ1) is 99.5. The summed E-state index contributed by atoms with van der Waals surface area (Å²) in [5.74, 6) is -2.22. The van der Waals surface area contributed by atoms with Crippen molar-refractivity contribution in [2.24, 2.45) is 0 Å². The van der Waals surface area contributed by atoms with Gasteiger partial charge >= 0.3 is 39.5 Å². The molecule has 0 aromatic heterocycles. The number of allylic oxidation sites excluding steroid dienone is 20. The lowest BCUT2D eigenvalue weighted by atomic mass is 10.0. The van der Waals surface area contributed by atoms with Gasteiger partial charge in [0.25, 0.3) is 0 Å². The Labute approximate surface area is 632 Å². The zero-order chi connectivity index (χ0) is 76.0. The normalized spacial score (nSPS) is 14.5. The van der Waals surface area contributed by atoms with Crippen molar-refractivity contribution in [3.05, 3.63) is 122 Å². The van der Waals surface area contributed by atoms with Crippen LogP contribution in [0.15, 0.2) is 122 Å². The number of esters is 4. The van der Waals surface area contributed by atoms with Gasteiger partial charge in [-0.05, 0) is 128 Å². The lowest BCUT2D eigenvalue weighted by Gasteiger charge is -2.21. The summed E-state index contributed by atoms with van der Waals surface area (Å²) in [6.45, 7) is 4.53. The maximum absolute atomic E-state index is 13.1. The van der Waals surface area contributed by atoms with Gasteiger partial charge in [0, 0.05) is 25.7 Å². The number of carbonyl (C=O) groups excluding carboxylic acids is 4. The van der Waals surface area contributed by atoms with Gasteiger partial charge in [0.1, 0.15) is 19.3 Å². The minimum absolute atomic E-state index is 0.0759. The summed E-state index contributed by atoms with van der Waals surface area (Å²) in [6, 6.07) is 0. The molecule has 0 heterocycles. The first-order chi connectivity index (χ1) is 50.7. The van der Waals surface area contributed by atoms with Gasteiger partial charge < -0.3 is 33.8 Å². The maximum atomic E-state index is 13.1. The smallest absolute Gasteiger partial charge is 0.462 e. The van der Waals surface area contributed by atoms with E-state index in [2.05, 4.69) is 149 Å². The molecule has 0 aliphatic heterocycles. The van der Waals surface area contributed by atoms with Gasteiger partial charge in [-0.1, -0.05) is 303 Å². The SMILES string of the molecule is CC/C=C\C/C=C\C/C=C\C/C=C\CCCCCCC(=O)OCC(COP(=O)(O)OCC(O)COP(=O)(O)OCC(COC(=O)CCCCCCC/C=C\C/C=C\C/C=C\CC)OC(=O)CCCCCCCCCCCCCCCCC)OC(=O)CCCCCCCCC/C=C\C/C=C\C/C=C\CC. The molecule has 3 N–H and O–H groups in total. The van der Waals surface area contributed by atoms with Crippen LogP contribution in [0.5, 0.6) is 0 Å². The van der Waals surface area contributed by atoms with Crippen molar-refractivity contribution in [2.45, 2.75) is 354 Å². The van der Waals surface area contributed by atoms with Gasteiger partial charge in [0.2, 0.25) is 0 Å². The molecule has 0 aromatic rings. The van der Waals surface area contributed by atoms with E-state index in [9.17, 15) is 43.2 Å². The number of ether oxygens (including phenoxy) is 4. The second-order valence-electron chi connectivity index (χ2n) is 26.9. The quantitative estimate of drug-likeness (QED) is 0.0169. The van der Waals surface area contributed by atoms with E-state index in [-0.39, 0.29) is 25.7 Å². The van der Waals surface area contributed by atoms with Crippen LogP contribution in [-0.4, -0.2) is 96.7 Å². The Hall–Kier alpha value is -4.54. The molecule has 17 nitrogen and oxygen atoms in total. The molecule has 104 heavy (non-hydrogen) atoms. The summed E-state index contributed by atoms with van der Waals surface area (Å²) < 4.78 is 68.7. The second-order valence-corrected chi connectivity index (χ2v) is 29.8. The topological polar surface area (TPSA) is 237 Å². The van der Waals surface area contributed by atoms with Crippen LogP contribution in [0.3, 0.4) is 0 Å². The summed E-state index contributed by atoms with van der Waals surface area (Å²) in [4.78, 5) is 73.1. The molecule has 19 heteroatoms. The molecule has 0 amide bonds. The summed E-state index contributed by atoms with van der Waals surface area (Å²) >= 11 is 0. The van der Waals surface area contributed by atoms with Crippen LogP contribution in [0.25, 0.3) is 0 Å². The summed E-state index contributed by atoms with van der Waals surface area (Å²) in [7, 11) is -9.97. The number of aliphatic hydroxyl groups is 1. The monoisotopic (exact) mass is 1500 g/mol. The lowest BCUT2D eigenvalue weighted by Crippen LogP contribution is -2.30. The fourth-order valence-electron chi connectivity index (χ4n) is 10.8. The Bertz CT molecular complexity index is 2440. The predicted octanol–water partition coefficient (Wildman–Crippen LogP) is 23.9. The predicted molar refractivity (Wildman–Crippen MR) is 427 cm³/mol. The first-order valence-electron chi connectivity index (χ1n) is 40.8. The van der Waals surface area contributed by atoms with Crippen molar-refractivity contribution in [2.75, 3.05) is 39.6 Å². The Morgan fingerprint density at radius 2 is 0.500 bits per heavy atom. The standard InChI is InChI=1S/C85H146O17P2/c1-5-9-13-17-21-25-29-33-37-39-43-46-50-54-58-62-66-70-83(88)96-76-81(102-85(90)72-68-64-60-56-52-48-44-40-38-34-30-26-22-18-14-10-6-2)78-100-104(93,94)98-74-79(86)73-97-103(91,92)99-77-80(101-84(89)71-67-63-59-55-51-47-42-36-32-28-24-20-16-12-8-4)75-95-82(87)69-65-61-57-53-49-45-41-35-31-27-23-19-15-11-7-3/h9-11,13-15,21-23,25-27,33-35,37-38,41,43,46,79-81,86H,5-8,12,16-20,24,28-32,36,39-40,42,44-45,47-78H2,1-4H3,(H,91,92)(H,93,94)/b13-9-,14-10-,15-11-,25-21-,26-22-,27-23-,37-33-,38-34-,41-35-,46-43-. The molecular weight excluding hydrogens is 1350 g/mol. The highest BCUT2D eigenvalue weighted by Gasteiger charge is 2.30. The Kier molecular flexibility index (Phi) is 73.3. The third-order valence-corrected chi connectivity index (χ3v) is 18.8. The minimum Gasteiger partial charge on any atom is -0.462 e. The largest absolute Gasteiger partial charge is 0.472 e. The highest BCUT2D eigenvalue weighted by Crippen LogP contribution is 2.45. The average Bonchev–Trinajstić information content (AvgIpc) is 0.926. The van der Waals surface area contributed by atoms with E-state index >= 15 is 0 Å². The minimum atomic E-state index is -4.99. The van der Waals surface area contributed by atoms with Crippen LogP contribution in [-0.2, 0) is 65.4 Å². The number of phosphoric ester groups is 2. The molecule has 0 rings (SSSR count). The third kappa shape index (κ3) is 75.7. The molecule has 0 radical (unpaired) electrons. The molecule has 0 saturated heterocycles. The van der Waals surface area contributed by atoms with Crippen molar-refractivity contribution < 1.29 is 80.2 Å². The van der Waals surface area contributed by atoms with E-state index in [1.165, 1.54) is 64.2 Å². The molecule has 0 aromatic carbocycles. The number of hydrogen-bond donors (Lipinski definition) is 3. The number of carbonyl (C=O) groups is 4. The fourth-order valence-corrected chi connectivity index (χ4v) is 12.4. The van der Waals surface area contributed by atoms with Crippen LogP contribution < -0.4 is 0 Å². The van der Waals surface area contributed by atoms with Crippen molar-refractivity contribution >= 4 is 39.5 Å². The average molecular weight is 1500 g/mol. The second kappa shape index (κ2) is 76.6. The number of unbranched alkanes of at least 4 members (excludes halogenated alkanes) is 30. The van der Waals surface area contributed by atoms with Crippen molar-refractivity contribution in [3.8, 4) is 0 Å². The van der Waals surface area contributed by atoms with Crippen molar-refractivity contribution in [1.29, 1.82) is 0 Å². The maximum Gasteiger partial charge on any atom is 0.472 e. The first-order valence-corrected chi connectivity index (χ1v) is 43.8. The van der Waals surface area contributed by atoms with Crippen molar-refractivity contribution in [1.82, 2.24) is 0 Å². The molecule has 0 aliphatic carbocycles. The number of aliphatic hydroxyl groups excluding tert-OH is 1. The Morgan fingerprint density at radius 1 is 0.279 bits per heavy atom. The Morgan fingerprint density at radius 3 is 0.769 bits per heavy atom. The molecule has 598 valence electrons. The summed E-state index contributed by atoms with van der Waals surface area (Å²) in [5.41, 5.74) is 0. The molecule has 0 bridgehead atoms. The fraction of sp³-hybridized carbons (Fsp3) is 0.718. The van der Waals surface area contributed by atoms with Crippen LogP contribution >= 0.6 is 15.6 Å². The van der Waals surface area contributed by atoms with E-state index in [1.54, 1.807) is 0 Å². The zero-order valence-electron chi connectivity index (χ0n) is 65.4. The summed E-state index contributed by atoms with van der Waals surface area (Å²) in [5, 5.41) is 10.7. The van der Waals surface area contributed by atoms with Crippen LogP contribution in [0.2, 0.25) is 0 Å². The molecular formula is C85H146O17P2. The third-order valence-electron chi connectivity index (χ3n) is 16.9. The van der Waals surface area contributed by atoms with E-state index in [0.29, 0.717) is 25.7 Å².